The Hall–Kier alpha value is -3.82. The average molecular weight is 701 g/mol. The fourth-order valence-electron chi connectivity index (χ4n) is 4.94. The molecule has 3 aromatic carbocycles. The maximum atomic E-state index is 9.99. The van der Waals surface area contributed by atoms with Gasteiger partial charge in [0.25, 0.3) is 0 Å². The Kier molecular flexibility index (Phi) is 16.5. The minimum atomic E-state index is -0.178. The molecule has 0 aromatic heterocycles. The van der Waals surface area contributed by atoms with Crippen molar-refractivity contribution >= 4 is 0 Å². The van der Waals surface area contributed by atoms with Crippen molar-refractivity contribution in [2.45, 2.75) is 19.8 Å². The Morgan fingerprint density at radius 3 is 0.860 bits per heavy atom. The van der Waals surface area contributed by atoms with Crippen molar-refractivity contribution in [2.24, 2.45) is 0 Å². The summed E-state index contributed by atoms with van der Waals surface area (Å²) in [5.41, 5.74) is 2.31. The van der Waals surface area contributed by atoms with E-state index >= 15 is 0 Å². The third kappa shape index (κ3) is 14.2. The lowest BCUT2D eigenvalue weighted by Gasteiger charge is -2.16. The number of rotatable bonds is 1. The van der Waals surface area contributed by atoms with E-state index in [0.717, 1.165) is 11.1 Å². The van der Waals surface area contributed by atoms with Crippen molar-refractivity contribution < 1.29 is 61.9 Å². The van der Waals surface area contributed by atoms with E-state index in [0.29, 0.717) is 146 Å². The van der Waals surface area contributed by atoms with Gasteiger partial charge in [-0.15, -0.1) is 0 Å². The van der Waals surface area contributed by atoms with Gasteiger partial charge in [-0.05, 0) is 53.1 Å². The third-order valence-electron chi connectivity index (χ3n) is 7.29. The molecule has 13 heteroatoms. The largest absolute Gasteiger partial charge is 0.491 e. The monoisotopic (exact) mass is 700 g/mol. The number of hydrogen-bond donors (Lipinski definition) is 1. The quantitative estimate of drug-likeness (QED) is 0.393. The molecule has 0 amide bonds. The first kappa shape index (κ1) is 37.4. The van der Waals surface area contributed by atoms with E-state index in [2.05, 4.69) is 0 Å². The summed E-state index contributed by atoms with van der Waals surface area (Å²) in [5.74, 6) is 3.55. The zero-order valence-corrected chi connectivity index (χ0v) is 28.5. The first-order chi connectivity index (χ1) is 24.7. The van der Waals surface area contributed by atoms with E-state index in [9.17, 15) is 5.11 Å². The van der Waals surface area contributed by atoms with Crippen LogP contribution < -0.4 is 28.4 Å². The highest BCUT2D eigenvalue weighted by Crippen LogP contribution is 2.29. The zero-order chi connectivity index (χ0) is 34.5. The van der Waals surface area contributed by atoms with Crippen LogP contribution in [0.15, 0.2) is 54.6 Å². The van der Waals surface area contributed by atoms with Gasteiger partial charge in [0.1, 0.15) is 74.1 Å². The lowest BCUT2D eigenvalue weighted by Crippen LogP contribution is -2.15. The van der Waals surface area contributed by atoms with E-state index in [-0.39, 0.29) is 19.8 Å². The summed E-state index contributed by atoms with van der Waals surface area (Å²) in [7, 11) is 0. The van der Waals surface area contributed by atoms with Gasteiger partial charge in [0.2, 0.25) is 0 Å². The third-order valence-corrected chi connectivity index (χ3v) is 7.29. The number of ether oxygens (including phenoxy) is 12. The topological polar surface area (TPSA) is 131 Å². The van der Waals surface area contributed by atoms with Crippen LogP contribution in [0.5, 0.6) is 34.5 Å². The van der Waals surface area contributed by atoms with Crippen LogP contribution in [0.2, 0.25) is 0 Å². The Labute approximate surface area is 293 Å². The van der Waals surface area contributed by atoms with Crippen molar-refractivity contribution in [3.8, 4) is 34.5 Å². The highest BCUT2D eigenvalue weighted by molar-refractivity contribution is 5.42. The first-order valence-electron chi connectivity index (χ1n) is 17.0. The fourth-order valence-corrected chi connectivity index (χ4v) is 4.94. The lowest BCUT2D eigenvalue weighted by atomic mass is 10.2. The predicted molar refractivity (Wildman–Crippen MR) is 181 cm³/mol. The summed E-state index contributed by atoms with van der Waals surface area (Å²) < 4.78 is 70.3. The van der Waals surface area contributed by atoms with E-state index in [1.54, 1.807) is 18.2 Å². The molecule has 50 heavy (non-hydrogen) atoms. The molecule has 5 rings (SSSR count). The molecular weight excluding hydrogens is 652 g/mol. The van der Waals surface area contributed by atoms with Gasteiger partial charge in [-0.3, -0.25) is 0 Å². The minimum absolute atomic E-state index is 0.178. The Bertz CT molecular complexity index is 1240. The second-order valence-corrected chi connectivity index (χ2v) is 11.2. The first-order valence-corrected chi connectivity index (χ1v) is 17.0. The van der Waals surface area contributed by atoms with Gasteiger partial charge in [0, 0.05) is 18.2 Å². The second-order valence-electron chi connectivity index (χ2n) is 11.2. The standard InChI is InChI=1S/C37H48O13/c38-26-29-17-36-25-37(18-29)50-28-31-21-34-24-35(22-31)48-16-12-44-8-4-40-3-7-43-11-15-47-33-20-30(27-49-36)19-32(23-33)45-13-9-41-5-1-39-2-6-42-10-14-46-34/h17-25,38H,1-16,26-28H2. The van der Waals surface area contributed by atoms with Crippen molar-refractivity contribution in [1.82, 2.24) is 0 Å². The number of benzene rings is 3. The van der Waals surface area contributed by atoms with Gasteiger partial charge in [-0.25, -0.2) is 0 Å². The van der Waals surface area contributed by atoms with E-state index in [1.165, 1.54) is 0 Å². The smallest absolute Gasteiger partial charge is 0.123 e. The van der Waals surface area contributed by atoms with Crippen LogP contribution in [-0.2, 0) is 48.2 Å². The Balaban J connectivity index is 1.37. The highest BCUT2D eigenvalue weighted by Gasteiger charge is 2.10. The summed E-state index contributed by atoms with van der Waals surface area (Å²) >= 11 is 0. The van der Waals surface area contributed by atoms with E-state index in [4.69, 9.17) is 56.8 Å². The fraction of sp³-hybridized carbons (Fsp3) is 0.514. The van der Waals surface area contributed by atoms with Gasteiger partial charge in [-0.2, -0.15) is 0 Å². The summed E-state index contributed by atoms with van der Waals surface area (Å²) in [6.45, 7) is 6.72. The molecular formula is C37H48O13. The van der Waals surface area contributed by atoms with Gasteiger partial charge < -0.3 is 61.9 Å². The van der Waals surface area contributed by atoms with E-state index in [1.807, 2.05) is 36.4 Å². The van der Waals surface area contributed by atoms with Crippen LogP contribution in [0.4, 0.5) is 0 Å². The summed E-state index contributed by atoms with van der Waals surface area (Å²) in [6.07, 6.45) is 0. The van der Waals surface area contributed by atoms with Gasteiger partial charge in [-0.1, -0.05) is 0 Å². The molecule has 0 aliphatic carbocycles. The predicted octanol–water partition coefficient (Wildman–Crippen LogP) is 3.98. The molecule has 0 spiro atoms. The molecule has 0 unspecified atom stereocenters. The molecule has 0 saturated carbocycles. The van der Waals surface area contributed by atoms with Gasteiger partial charge >= 0.3 is 0 Å². The van der Waals surface area contributed by atoms with Crippen LogP contribution in [-0.4, -0.2) is 111 Å². The van der Waals surface area contributed by atoms with Crippen LogP contribution in [0.3, 0.4) is 0 Å². The zero-order valence-electron chi connectivity index (χ0n) is 28.5. The Morgan fingerprint density at radius 2 is 0.580 bits per heavy atom. The minimum Gasteiger partial charge on any atom is -0.491 e. The molecule has 1 N–H and O–H groups in total. The summed E-state index contributed by atoms with van der Waals surface area (Å²) in [5, 5.41) is 9.99. The average Bonchev–Trinajstić information content (AvgIpc) is 3.13. The molecule has 0 saturated heterocycles. The number of aliphatic hydroxyl groups excluding tert-OH is 1. The molecule has 8 bridgehead atoms. The molecule has 0 atom stereocenters. The molecule has 0 fully saturated rings. The number of aliphatic hydroxyl groups is 1. The van der Waals surface area contributed by atoms with Crippen molar-refractivity contribution in [1.29, 1.82) is 0 Å². The molecule has 2 heterocycles. The lowest BCUT2D eigenvalue weighted by molar-refractivity contribution is 0.00432. The van der Waals surface area contributed by atoms with Crippen LogP contribution in [0.1, 0.15) is 16.7 Å². The normalized spacial score (nSPS) is 18.4. The van der Waals surface area contributed by atoms with Crippen LogP contribution >= 0.6 is 0 Å². The van der Waals surface area contributed by atoms with Crippen LogP contribution in [0, 0.1) is 0 Å². The number of fused-ring (bicyclic) bond motifs is 6. The maximum absolute atomic E-state index is 9.99. The molecule has 274 valence electrons. The van der Waals surface area contributed by atoms with Gasteiger partial charge in [0.15, 0.2) is 0 Å². The Morgan fingerprint density at radius 1 is 0.320 bits per heavy atom. The maximum Gasteiger partial charge on any atom is 0.123 e. The molecule has 0 radical (unpaired) electrons. The SMILES string of the molecule is OCc1cc2cc(c1)OCc1cc3cc(c1)OCCOCCOCCOCCOc1cc(cc(c1)OCCOCCOCCOCCO3)CO2. The number of hydrogen-bond acceptors (Lipinski definition) is 13. The van der Waals surface area contributed by atoms with Crippen molar-refractivity contribution in [2.75, 3.05) is 106 Å². The van der Waals surface area contributed by atoms with Gasteiger partial charge in [0.05, 0.1) is 85.9 Å². The summed E-state index contributed by atoms with van der Waals surface area (Å²) in [6, 6.07) is 16.6. The molecule has 13 nitrogen and oxygen atoms in total. The second kappa shape index (κ2) is 22.1. The van der Waals surface area contributed by atoms with Crippen molar-refractivity contribution in [3.05, 3.63) is 71.3 Å². The molecule has 2 aliphatic rings. The molecule has 2 aliphatic heterocycles. The van der Waals surface area contributed by atoms with Crippen LogP contribution in [0.25, 0.3) is 0 Å². The highest BCUT2D eigenvalue weighted by atomic mass is 16.6. The van der Waals surface area contributed by atoms with E-state index < -0.39 is 0 Å². The summed E-state index contributed by atoms with van der Waals surface area (Å²) in [4.78, 5) is 0. The molecule has 3 aromatic rings. The van der Waals surface area contributed by atoms with Crippen molar-refractivity contribution in [3.63, 3.8) is 0 Å².